The first-order valence-electron chi connectivity index (χ1n) is 10.4. The number of hydrogen-bond acceptors (Lipinski definition) is 3. The molecule has 3 N–H and O–H groups in total. The van der Waals surface area contributed by atoms with Crippen LogP contribution in [0.1, 0.15) is 67.8 Å². The summed E-state index contributed by atoms with van der Waals surface area (Å²) in [6, 6.07) is 9.19. The van der Waals surface area contributed by atoms with Gasteiger partial charge in [0.15, 0.2) is 0 Å². The minimum absolute atomic E-state index is 0.270. The van der Waals surface area contributed by atoms with Gasteiger partial charge >= 0.3 is 0 Å². The van der Waals surface area contributed by atoms with Gasteiger partial charge in [-0.2, -0.15) is 0 Å². The van der Waals surface area contributed by atoms with Gasteiger partial charge in [-0.25, -0.2) is 0 Å². The minimum Gasteiger partial charge on any atom is -0.366 e. The summed E-state index contributed by atoms with van der Waals surface area (Å²) in [5.41, 5.74) is 7.75. The van der Waals surface area contributed by atoms with E-state index in [2.05, 4.69) is 36.7 Å². The maximum atomic E-state index is 11.8. The van der Waals surface area contributed by atoms with Crippen LogP contribution in [0.2, 0.25) is 0 Å². The molecule has 2 atom stereocenters. The third-order valence-electron chi connectivity index (χ3n) is 6.40. The standard InChI is InChI=1S/C23H35N3O/c1-4-11-23(2,3)16-25-12-13-26-18-9-10-19(26)15-17(14-18)20-7-5-6-8-21(20)22(24)27/h4-8,17-19,25H,1,9-16H2,2-3H3,(H2,24,27). The van der Waals surface area contributed by atoms with Crippen LogP contribution in [0.15, 0.2) is 36.9 Å². The summed E-state index contributed by atoms with van der Waals surface area (Å²) in [4.78, 5) is 14.5. The predicted octanol–water partition coefficient (Wildman–Crippen LogP) is 3.69. The predicted molar refractivity (Wildman–Crippen MR) is 112 cm³/mol. The van der Waals surface area contributed by atoms with Gasteiger partial charge in [0, 0.05) is 37.3 Å². The Balaban J connectivity index is 1.55. The van der Waals surface area contributed by atoms with Crippen LogP contribution >= 0.6 is 0 Å². The molecule has 0 aliphatic carbocycles. The Morgan fingerprint density at radius 1 is 1.30 bits per heavy atom. The number of rotatable bonds is 9. The smallest absolute Gasteiger partial charge is 0.248 e. The van der Waals surface area contributed by atoms with Gasteiger partial charge < -0.3 is 11.1 Å². The van der Waals surface area contributed by atoms with E-state index in [0.29, 0.717) is 23.6 Å². The molecular formula is C23H35N3O. The summed E-state index contributed by atoms with van der Waals surface area (Å²) in [6.45, 7) is 11.6. The van der Waals surface area contributed by atoms with Crippen molar-refractivity contribution in [2.45, 2.75) is 64.0 Å². The Bertz CT molecular complexity index is 655. The van der Waals surface area contributed by atoms with E-state index >= 15 is 0 Å². The number of nitrogens with one attached hydrogen (secondary N) is 1. The number of nitrogens with zero attached hydrogens (tertiary/aromatic N) is 1. The second-order valence-electron chi connectivity index (χ2n) is 9.08. The van der Waals surface area contributed by atoms with Gasteiger partial charge in [-0.15, -0.1) is 6.58 Å². The number of primary amides is 1. The molecule has 3 rings (SSSR count). The lowest BCUT2D eigenvalue weighted by Crippen LogP contribution is -2.46. The lowest BCUT2D eigenvalue weighted by Gasteiger charge is -2.39. The SMILES string of the molecule is C=CCC(C)(C)CNCCN1C2CCC1CC(c1ccccc1C(N)=O)C2. The first kappa shape index (κ1) is 20.1. The van der Waals surface area contributed by atoms with E-state index in [9.17, 15) is 4.79 Å². The zero-order valence-corrected chi connectivity index (χ0v) is 16.9. The molecule has 0 saturated carbocycles. The third kappa shape index (κ3) is 4.80. The Morgan fingerprint density at radius 3 is 2.59 bits per heavy atom. The van der Waals surface area contributed by atoms with E-state index in [1.54, 1.807) is 0 Å². The Labute approximate surface area is 164 Å². The van der Waals surface area contributed by atoms with Crippen LogP contribution < -0.4 is 11.1 Å². The van der Waals surface area contributed by atoms with Crippen LogP contribution in [-0.4, -0.2) is 42.5 Å². The Morgan fingerprint density at radius 2 is 1.96 bits per heavy atom. The molecular weight excluding hydrogens is 334 g/mol. The molecule has 2 aliphatic rings. The average molecular weight is 370 g/mol. The zero-order valence-electron chi connectivity index (χ0n) is 16.9. The van der Waals surface area contributed by atoms with E-state index in [4.69, 9.17) is 5.73 Å². The molecule has 2 bridgehead atoms. The monoisotopic (exact) mass is 369 g/mol. The number of benzene rings is 1. The molecule has 2 saturated heterocycles. The molecule has 2 fully saturated rings. The maximum Gasteiger partial charge on any atom is 0.248 e. The molecule has 4 nitrogen and oxygen atoms in total. The van der Waals surface area contributed by atoms with Crippen LogP contribution in [0, 0.1) is 5.41 Å². The number of carbonyl (C=O) groups is 1. The van der Waals surface area contributed by atoms with Gasteiger partial charge in [-0.1, -0.05) is 38.1 Å². The van der Waals surface area contributed by atoms with Crippen molar-refractivity contribution in [3.8, 4) is 0 Å². The van der Waals surface area contributed by atoms with Crippen LogP contribution in [0.25, 0.3) is 0 Å². The molecule has 2 unspecified atom stereocenters. The van der Waals surface area contributed by atoms with Crippen molar-refractivity contribution in [2.24, 2.45) is 11.1 Å². The number of hydrogen-bond donors (Lipinski definition) is 2. The number of allylic oxidation sites excluding steroid dienone is 1. The normalized spacial score (nSPS) is 25.5. The number of piperidine rings is 1. The summed E-state index contributed by atoms with van der Waals surface area (Å²) in [7, 11) is 0. The fourth-order valence-electron chi connectivity index (χ4n) is 5.07. The molecule has 0 radical (unpaired) electrons. The van der Waals surface area contributed by atoms with Crippen LogP contribution in [0.5, 0.6) is 0 Å². The topological polar surface area (TPSA) is 58.4 Å². The van der Waals surface area contributed by atoms with Crippen molar-refractivity contribution in [3.05, 3.63) is 48.0 Å². The summed E-state index contributed by atoms with van der Waals surface area (Å²) < 4.78 is 0. The van der Waals surface area contributed by atoms with Crippen LogP contribution in [-0.2, 0) is 0 Å². The van der Waals surface area contributed by atoms with E-state index in [-0.39, 0.29) is 11.3 Å². The van der Waals surface area contributed by atoms with Crippen molar-refractivity contribution in [1.29, 1.82) is 0 Å². The van der Waals surface area contributed by atoms with E-state index in [1.165, 1.54) is 12.8 Å². The lowest BCUT2D eigenvalue weighted by atomic mass is 9.82. The number of fused-ring (bicyclic) bond motifs is 2. The van der Waals surface area contributed by atoms with Crippen molar-refractivity contribution >= 4 is 5.91 Å². The van der Waals surface area contributed by atoms with Gasteiger partial charge in [0.25, 0.3) is 0 Å². The average Bonchev–Trinajstić information content (AvgIpc) is 2.86. The van der Waals surface area contributed by atoms with Gasteiger partial charge in [0.1, 0.15) is 0 Å². The summed E-state index contributed by atoms with van der Waals surface area (Å²) in [6.07, 6.45) is 7.89. The third-order valence-corrected chi connectivity index (χ3v) is 6.40. The number of nitrogens with two attached hydrogens (primary N) is 1. The summed E-state index contributed by atoms with van der Waals surface area (Å²) >= 11 is 0. The summed E-state index contributed by atoms with van der Waals surface area (Å²) in [5, 5.41) is 3.64. The Hall–Kier alpha value is -1.65. The van der Waals surface area contributed by atoms with Gasteiger partial charge in [0.05, 0.1) is 0 Å². The van der Waals surface area contributed by atoms with Crippen LogP contribution in [0.4, 0.5) is 0 Å². The fourth-order valence-corrected chi connectivity index (χ4v) is 5.07. The molecule has 1 aromatic carbocycles. The molecule has 1 amide bonds. The quantitative estimate of drug-likeness (QED) is 0.515. The van der Waals surface area contributed by atoms with Gasteiger partial charge in [0.2, 0.25) is 5.91 Å². The van der Waals surface area contributed by atoms with Crippen molar-refractivity contribution in [2.75, 3.05) is 19.6 Å². The zero-order chi connectivity index (χ0) is 19.4. The molecule has 27 heavy (non-hydrogen) atoms. The fraction of sp³-hybridized carbons (Fsp3) is 0.609. The molecule has 2 heterocycles. The highest BCUT2D eigenvalue weighted by molar-refractivity contribution is 5.94. The molecule has 2 aliphatic heterocycles. The molecule has 1 aromatic rings. The second-order valence-corrected chi connectivity index (χ2v) is 9.08. The largest absolute Gasteiger partial charge is 0.366 e. The highest BCUT2D eigenvalue weighted by Gasteiger charge is 2.41. The van der Waals surface area contributed by atoms with Crippen LogP contribution in [0.3, 0.4) is 0 Å². The highest BCUT2D eigenvalue weighted by Crippen LogP contribution is 2.43. The van der Waals surface area contributed by atoms with Gasteiger partial charge in [-0.05, 0) is 55.1 Å². The molecule has 0 spiro atoms. The van der Waals surface area contributed by atoms with Crippen molar-refractivity contribution in [1.82, 2.24) is 10.2 Å². The number of carbonyl (C=O) groups excluding carboxylic acids is 1. The maximum absolute atomic E-state index is 11.8. The van der Waals surface area contributed by atoms with E-state index in [1.807, 2.05) is 24.3 Å². The first-order valence-corrected chi connectivity index (χ1v) is 10.4. The second kappa shape index (κ2) is 8.57. The molecule has 148 valence electrons. The van der Waals surface area contributed by atoms with E-state index < -0.39 is 0 Å². The Kier molecular flexibility index (Phi) is 6.38. The molecule has 0 aromatic heterocycles. The van der Waals surface area contributed by atoms with Gasteiger partial charge in [-0.3, -0.25) is 9.69 Å². The number of amides is 1. The van der Waals surface area contributed by atoms with Crippen molar-refractivity contribution < 1.29 is 4.79 Å². The molecule has 4 heteroatoms. The highest BCUT2D eigenvalue weighted by atomic mass is 16.1. The lowest BCUT2D eigenvalue weighted by molar-refractivity contribution is 0.0994. The summed E-state index contributed by atoms with van der Waals surface area (Å²) in [5.74, 6) is 0.161. The minimum atomic E-state index is -0.299. The first-order chi connectivity index (χ1) is 12.9. The van der Waals surface area contributed by atoms with E-state index in [0.717, 1.165) is 44.5 Å². The van der Waals surface area contributed by atoms with Crippen molar-refractivity contribution in [3.63, 3.8) is 0 Å².